The topological polar surface area (TPSA) is 32.3 Å². The van der Waals surface area contributed by atoms with Crippen molar-refractivity contribution in [2.75, 3.05) is 19.6 Å². The molecule has 2 aliphatic heterocycles. The van der Waals surface area contributed by atoms with Crippen LogP contribution in [0.25, 0.3) is 0 Å². The van der Waals surface area contributed by atoms with Gasteiger partial charge in [0.1, 0.15) is 0 Å². The van der Waals surface area contributed by atoms with Gasteiger partial charge in [0.2, 0.25) is 5.91 Å². The van der Waals surface area contributed by atoms with Crippen molar-refractivity contribution < 1.29 is 4.79 Å². The van der Waals surface area contributed by atoms with Crippen molar-refractivity contribution in [3.8, 4) is 0 Å². The molecule has 92 valence electrons. The molecule has 3 heteroatoms. The molecule has 1 amide bonds. The van der Waals surface area contributed by atoms with E-state index in [1.165, 1.54) is 12.8 Å². The number of likely N-dealkylation sites (tertiary alicyclic amines) is 1. The summed E-state index contributed by atoms with van der Waals surface area (Å²) >= 11 is 0. The van der Waals surface area contributed by atoms with Gasteiger partial charge >= 0.3 is 0 Å². The third-order valence-electron chi connectivity index (χ3n) is 3.76. The molecule has 0 bridgehead atoms. The Balaban J connectivity index is 1.81. The predicted molar refractivity (Wildman–Crippen MR) is 65.2 cm³/mol. The molecule has 0 aliphatic carbocycles. The quantitative estimate of drug-likeness (QED) is 0.790. The molecule has 16 heavy (non-hydrogen) atoms. The Kier molecular flexibility index (Phi) is 3.85. The van der Waals surface area contributed by atoms with Gasteiger partial charge in [0.15, 0.2) is 0 Å². The first-order valence-corrected chi connectivity index (χ1v) is 6.69. The van der Waals surface area contributed by atoms with Gasteiger partial charge in [-0.3, -0.25) is 4.79 Å². The molecule has 2 heterocycles. The van der Waals surface area contributed by atoms with Crippen LogP contribution in [0.5, 0.6) is 0 Å². The molecule has 0 spiro atoms. The predicted octanol–water partition coefficient (Wildman–Crippen LogP) is 1.63. The fourth-order valence-corrected chi connectivity index (χ4v) is 3.01. The summed E-state index contributed by atoms with van der Waals surface area (Å²) < 4.78 is 0. The fraction of sp³-hybridized carbons (Fsp3) is 0.923. The summed E-state index contributed by atoms with van der Waals surface area (Å²) in [6.45, 7) is 7.52. The van der Waals surface area contributed by atoms with Gasteiger partial charge in [-0.2, -0.15) is 0 Å². The smallest absolute Gasteiger partial charge is 0.239 e. The summed E-state index contributed by atoms with van der Waals surface area (Å²) in [7, 11) is 0. The van der Waals surface area contributed by atoms with Crippen molar-refractivity contribution in [1.29, 1.82) is 0 Å². The highest BCUT2D eigenvalue weighted by atomic mass is 16.2. The lowest BCUT2D eigenvalue weighted by Crippen LogP contribution is -2.42. The zero-order chi connectivity index (χ0) is 11.5. The van der Waals surface area contributed by atoms with Crippen LogP contribution in [-0.2, 0) is 4.79 Å². The van der Waals surface area contributed by atoms with Crippen molar-refractivity contribution in [3.63, 3.8) is 0 Å². The van der Waals surface area contributed by atoms with Gasteiger partial charge in [-0.25, -0.2) is 0 Å². The molecule has 0 saturated carbocycles. The third kappa shape index (κ3) is 2.76. The molecule has 2 saturated heterocycles. The first-order chi connectivity index (χ1) is 7.66. The molecule has 2 aliphatic rings. The Morgan fingerprint density at radius 1 is 1.44 bits per heavy atom. The largest absolute Gasteiger partial charge is 0.341 e. The average molecular weight is 224 g/mol. The number of carbonyl (C=O) groups excluding carboxylic acids is 1. The van der Waals surface area contributed by atoms with Crippen LogP contribution in [0.15, 0.2) is 0 Å². The summed E-state index contributed by atoms with van der Waals surface area (Å²) in [6, 6.07) is 0.123. The Labute approximate surface area is 98.6 Å². The summed E-state index contributed by atoms with van der Waals surface area (Å²) in [5, 5.41) is 3.30. The molecule has 0 aromatic rings. The van der Waals surface area contributed by atoms with E-state index in [0.717, 1.165) is 44.3 Å². The zero-order valence-electron chi connectivity index (χ0n) is 10.5. The van der Waals surface area contributed by atoms with Crippen molar-refractivity contribution in [2.24, 2.45) is 11.8 Å². The van der Waals surface area contributed by atoms with Gasteiger partial charge in [-0.15, -0.1) is 0 Å². The van der Waals surface area contributed by atoms with Crippen molar-refractivity contribution in [3.05, 3.63) is 0 Å². The Hall–Kier alpha value is -0.570. The lowest BCUT2D eigenvalue weighted by molar-refractivity contribution is -0.132. The first kappa shape index (κ1) is 11.9. The highest BCUT2D eigenvalue weighted by Gasteiger charge is 2.32. The van der Waals surface area contributed by atoms with Gasteiger partial charge < -0.3 is 10.2 Å². The van der Waals surface area contributed by atoms with Crippen LogP contribution in [0.4, 0.5) is 0 Å². The molecule has 0 aromatic heterocycles. The third-order valence-corrected chi connectivity index (χ3v) is 3.76. The number of hydrogen-bond donors (Lipinski definition) is 1. The van der Waals surface area contributed by atoms with Crippen LogP contribution in [0.3, 0.4) is 0 Å². The molecule has 2 fully saturated rings. The molecule has 3 nitrogen and oxygen atoms in total. The molecule has 0 aromatic carbocycles. The lowest BCUT2D eigenvalue weighted by atomic mass is 9.97. The summed E-state index contributed by atoms with van der Waals surface area (Å²) in [6.07, 6.45) is 4.66. The van der Waals surface area contributed by atoms with Crippen LogP contribution >= 0.6 is 0 Å². The van der Waals surface area contributed by atoms with Gasteiger partial charge in [0, 0.05) is 13.1 Å². The first-order valence-electron chi connectivity index (χ1n) is 6.69. The summed E-state index contributed by atoms with van der Waals surface area (Å²) in [4.78, 5) is 14.2. The Morgan fingerprint density at radius 3 is 2.88 bits per heavy atom. The van der Waals surface area contributed by atoms with Gasteiger partial charge in [-0.05, 0) is 44.1 Å². The molecular formula is C13H24N2O. The molecular weight excluding hydrogens is 200 g/mol. The number of amides is 1. The lowest BCUT2D eigenvalue weighted by Gasteiger charge is -2.21. The Bertz CT molecular complexity index is 246. The second-order valence-electron chi connectivity index (χ2n) is 5.72. The van der Waals surface area contributed by atoms with Crippen molar-refractivity contribution >= 4 is 5.91 Å². The van der Waals surface area contributed by atoms with Crippen LogP contribution < -0.4 is 5.32 Å². The molecule has 2 atom stereocenters. The summed E-state index contributed by atoms with van der Waals surface area (Å²) in [5.74, 6) is 1.85. The minimum absolute atomic E-state index is 0.123. The van der Waals surface area contributed by atoms with E-state index < -0.39 is 0 Å². The van der Waals surface area contributed by atoms with Gasteiger partial charge in [-0.1, -0.05) is 13.8 Å². The molecule has 2 rings (SSSR count). The number of hydrogen-bond acceptors (Lipinski definition) is 2. The maximum atomic E-state index is 12.1. The monoisotopic (exact) mass is 224 g/mol. The normalized spacial score (nSPS) is 30.3. The fourth-order valence-electron chi connectivity index (χ4n) is 3.01. The molecule has 1 N–H and O–H groups in total. The minimum atomic E-state index is 0.123. The van der Waals surface area contributed by atoms with Crippen LogP contribution in [0, 0.1) is 11.8 Å². The van der Waals surface area contributed by atoms with E-state index in [1.54, 1.807) is 0 Å². The highest BCUT2D eigenvalue weighted by Crippen LogP contribution is 2.24. The molecule has 2 unspecified atom stereocenters. The van der Waals surface area contributed by atoms with Crippen LogP contribution in [0.1, 0.15) is 39.5 Å². The zero-order valence-corrected chi connectivity index (χ0v) is 10.5. The maximum Gasteiger partial charge on any atom is 0.239 e. The SMILES string of the molecule is CC(C)CC1CCN(C(=O)C2CCCN2)C1. The average Bonchev–Trinajstić information content (AvgIpc) is 2.84. The van der Waals surface area contributed by atoms with E-state index >= 15 is 0 Å². The number of nitrogens with one attached hydrogen (secondary N) is 1. The molecule has 0 radical (unpaired) electrons. The minimum Gasteiger partial charge on any atom is -0.341 e. The van der Waals surface area contributed by atoms with E-state index in [-0.39, 0.29) is 6.04 Å². The standard InChI is InChI=1S/C13H24N2O/c1-10(2)8-11-5-7-15(9-11)13(16)12-4-3-6-14-12/h10-12,14H,3-9H2,1-2H3. The number of nitrogens with zero attached hydrogens (tertiary/aromatic N) is 1. The van der Waals surface area contributed by atoms with Crippen molar-refractivity contribution in [1.82, 2.24) is 10.2 Å². The van der Waals surface area contributed by atoms with Gasteiger partial charge in [0.05, 0.1) is 6.04 Å². The second kappa shape index (κ2) is 5.17. The van der Waals surface area contributed by atoms with E-state index in [2.05, 4.69) is 24.1 Å². The van der Waals surface area contributed by atoms with E-state index in [9.17, 15) is 4.79 Å². The second-order valence-corrected chi connectivity index (χ2v) is 5.72. The van der Waals surface area contributed by atoms with E-state index in [1.807, 2.05) is 0 Å². The maximum absolute atomic E-state index is 12.1. The van der Waals surface area contributed by atoms with Crippen LogP contribution in [-0.4, -0.2) is 36.5 Å². The van der Waals surface area contributed by atoms with Crippen LogP contribution in [0.2, 0.25) is 0 Å². The Morgan fingerprint density at radius 2 is 2.25 bits per heavy atom. The van der Waals surface area contributed by atoms with E-state index in [4.69, 9.17) is 0 Å². The number of carbonyl (C=O) groups is 1. The van der Waals surface area contributed by atoms with Gasteiger partial charge in [0.25, 0.3) is 0 Å². The highest BCUT2D eigenvalue weighted by molar-refractivity contribution is 5.82. The van der Waals surface area contributed by atoms with E-state index in [0.29, 0.717) is 5.91 Å². The number of rotatable bonds is 3. The van der Waals surface area contributed by atoms with Crippen molar-refractivity contribution in [2.45, 2.75) is 45.6 Å². The summed E-state index contributed by atoms with van der Waals surface area (Å²) in [5.41, 5.74) is 0.